The third-order valence-electron chi connectivity index (χ3n) is 3.15. The van der Waals surface area contributed by atoms with Gasteiger partial charge in [-0.25, -0.2) is 9.97 Å². The predicted molar refractivity (Wildman–Crippen MR) is 97.3 cm³/mol. The molecular formula is C16H17N5OS2. The highest BCUT2D eigenvalue weighted by Crippen LogP contribution is 2.24. The lowest BCUT2D eigenvalue weighted by molar-refractivity contribution is -0.113. The smallest absolute Gasteiger partial charge is 0.236 e. The van der Waals surface area contributed by atoms with E-state index in [0.29, 0.717) is 10.3 Å². The van der Waals surface area contributed by atoms with E-state index < -0.39 is 0 Å². The molecule has 24 heavy (non-hydrogen) atoms. The van der Waals surface area contributed by atoms with E-state index in [1.165, 1.54) is 23.1 Å². The number of H-pyrrole nitrogens is 1. The molecule has 0 spiro atoms. The number of amides is 1. The summed E-state index contributed by atoms with van der Waals surface area (Å²) in [7, 11) is 0. The fraction of sp³-hybridized carbons (Fsp3) is 0.250. The number of aromatic amines is 1. The predicted octanol–water partition coefficient (Wildman–Crippen LogP) is 3.61. The van der Waals surface area contributed by atoms with Gasteiger partial charge in [-0.05, 0) is 6.42 Å². The first-order valence-corrected chi connectivity index (χ1v) is 9.46. The molecule has 3 aromatic rings. The van der Waals surface area contributed by atoms with Gasteiger partial charge in [-0.3, -0.25) is 9.89 Å². The second-order valence-corrected chi connectivity index (χ2v) is 6.86. The van der Waals surface area contributed by atoms with Gasteiger partial charge < -0.3 is 5.32 Å². The third kappa shape index (κ3) is 4.42. The standard InChI is InChI=1S/C16H17N5OS2/c1-2-6-13-18-16(21-20-13)24-10-14(22)19-15-17-12(9-23-15)11-7-4-3-5-8-11/h3-5,7-9H,2,6,10H2,1H3,(H,17,19,22)(H,18,20,21). The first-order chi connectivity index (χ1) is 11.7. The highest BCUT2D eigenvalue weighted by atomic mass is 32.2. The molecule has 0 saturated carbocycles. The van der Waals surface area contributed by atoms with Crippen LogP contribution in [0.25, 0.3) is 11.3 Å². The summed E-state index contributed by atoms with van der Waals surface area (Å²) >= 11 is 2.72. The van der Waals surface area contributed by atoms with E-state index in [0.717, 1.165) is 29.9 Å². The summed E-state index contributed by atoms with van der Waals surface area (Å²) in [5.74, 6) is 0.993. The first-order valence-electron chi connectivity index (χ1n) is 7.59. The maximum Gasteiger partial charge on any atom is 0.236 e. The molecule has 0 aliphatic heterocycles. The summed E-state index contributed by atoms with van der Waals surface area (Å²) in [6, 6.07) is 9.88. The molecule has 0 aliphatic rings. The summed E-state index contributed by atoms with van der Waals surface area (Å²) in [4.78, 5) is 20.8. The van der Waals surface area contributed by atoms with Crippen LogP contribution in [-0.2, 0) is 11.2 Å². The maximum atomic E-state index is 12.0. The summed E-state index contributed by atoms with van der Waals surface area (Å²) in [6.45, 7) is 2.08. The number of thiazole rings is 1. The van der Waals surface area contributed by atoms with Crippen LogP contribution in [0.5, 0.6) is 0 Å². The van der Waals surface area contributed by atoms with Gasteiger partial charge in [0.15, 0.2) is 5.13 Å². The zero-order valence-electron chi connectivity index (χ0n) is 13.2. The fourth-order valence-corrected chi connectivity index (χ4v) is 3.40. The van der Waals surface area contributed by atoms with E-state index in [4.69, 9.17) is 0 Å². The topological polar surface area (TPSA) is 83.6 Å². The molecule has 2 aromatic heterocycles. The molecule has 0 aliphatic carbocycles. The number of hydrogen-bond donors (Lipinski definition) is 2. The summed E-state index contributed by atoms with van der Waals surface area (Å²) < 4.78 is 0. The molecule has 0 fully saturated rings. The quantitative estimate of drug-likeness (QED) is 0.630. The minimum absolute atomic E-state index is 0.115. The minimum atomic E-state index is -0.115. The number of aromatic nitrogens is 4. The van der Waals surface area contributed by atoms with Gasteiger partial charge in [-0.2, -0.15) is 0 Å². The Labute approximate surface area is 148 Å². The number of carbonyl (C=O) groups is 1. The van der Waals surface area contributed by atoms with Gasteiger partial charge in [-0.1, -0.05) is 49.0 Å². The Balaban J connectivity index is 1.52. The number of anilines is 1. The van der Waals surface area contributed by atoms with E-state index in [9.17, 15) is 4.79 Å². The Morgan fingerprint density at radius 1 is 1.29 bits per heavy atom. The van der Waals surface area contributed by atoms with Crippen LogP contribution >= 0.6 is 23.1 Å². The Kier molecular flexibility index (Phi) is 5.60. The van der Waals surface area contributed by atoms with E-state index in [1.807, 2.05) is 35.7 Å². The fourth-order valence-electron chi connectivity index (χ4n) is 2.05. The van der Waals surface area contributed by atoms with Crippen LogP contribution in [0.3, 0.4) is 0 Å². The van der Waals surface area contributed by atoms with Crippen LogP contribution in [-0.4, -0.2) is 31.8 Å². The number of thioether (sulfide) groups is 1. The Morgan fingerprint density at radius 3 is 2.92 bits per heavy atom. The second-order valence-electron chi connectivity index (χ2n) is 5.06. The molecule has 0 unspecified atom stereocenters. The first kappa shape index (κ1) is 16.7. The minimum Gasteiger partial charge on any atom is -0.301 e. The Bertz CT molecular complexity index is 800. The molecule has 2 heterocycles. The van der Waals surface area contributed by atoms with Crippen molar-refractivity contribution in [3.8, 4) is 11.3 Å². The van der Waals surface area contributed by atoms with Crippen LogP contribution in [0.15, 0.2) is 40.9 Å². The molecule has 1 aromatic carbocycles. The van der Waals surface area contributed by atoms with Crippen molar-refractivity contribution in [2.24, 2.45) is 0 Å². The number of hydrogen-bond acceptors (Lipinski definition) is 6. The molecule has 0 bridgehead atoms. The average Bonchev–Trinajstić information content (AvgIpc) is 3.24. The van der Waals surface area contributed by atoms with Crippen molar-refractivity contribution in [3.05, 3.63) is 41.5 Å². The monoisotopic (exact) mass is 359 g/mol. The van der Waals surface area contributed by atoms with Crippen molar-refractivity contribution in [2.45, 2.75) is 24.9 Å². The largest absolute Gasteiger partial charge is 0.301 e. The third-order valence-corrected chi connectivity index (χ3v) is 4.76. The van der Waals surface area contributed by atoms with Gasteiger partial charge in [0.25, 0.3) is 0 Å². The van der Waals surface area contributed by atoms with E-state index in [2.05, 4.69) is 32.4 Å². The van der Waals surface area contributed by atoms with Gasteiger partial charge in [0.05, 0.1) is 11.4 Å². The van der Waals surface area contributed by atoms with E-state index in [-0.39, 0.29) is 11.7 Å². The van der Waals surface area contributed by atoms with Crippen LogP contribution < -0.4 is 5.32 Å². The highest BCUT2D eigenvalue weighted by molar-refractivity contribution is 7.99. The normalized spacial score (nSPS) is 10.7. The number of rotatable bonds is 7. The Morgan fingerprint density at radius 2 is 2.12 bits per heavy atom. The molecule has 2 N–H and O–H groups in total. The van der Waals surface area contributed by atoms with Gasteiger partial charge in [0, 0.05) is 17.4 Å². The van der Waals surface area contributed by atoms with Crippen LogP contribution in [0.4, 0.5) is 5.13 Å². The number of benzene rings is 1. The van der Waals surface area contributed by atoms with Gasteiger partial charge >= 0.3 is 0 Å². The van der Waals surface area contributed by atoms with E-state index in [1.54, 1.807) is 0 Å². The van der Waals surface area contributed by atoms with Crippen molar-refractivity contribution < 1.29 is 4.79 Å². The van der Waals surface area contributed by atoms with Crippen LogP contribution in [0.1, 0.15) is 19.2 Å². The molecule has 124 valence electrons. The maximum absolute atomic E-state index is 12.0. The SMILES string of the molecule is CCCc1nc(SCC(=O)Nc2nc(-c3ccccc3)cs2)n[nH]1. The van der Waals surface area contributed by atoms with E-state index >= 15 is 0 Å². The van der Waals surface area contributed by atoms with Crippen molar-refractivity contribution >= 4 is 34.1 Å². The Hall–Kier alpha value is -2.19. The second kappa shape index (κ2) is 8.07. The van der Waals surface area contributed by atoms with Gasteiger partial charge in [0.2, 0.25) is 11.1 Å². The number of nitrogens with one attached hydrogen (secondary N) is 2. The summed E-state index contributed by atoms with van der Waals surface area (Å²) in [5.41, 5.74) is 1.90. The lowest BCUT2D eigenvalue weighted by Gasteiger charge is -1.99. The molecule has 1 amide bonds. The van der Waals surface area contributed by atoms with Crippen molar-refractivity contribution in [1.82, 2.24) is 20.2 Å². The molecule has 8 heteroatoms. The highest BCUT2D eigenvalue weighted by Gasteiger charge is 2.10. The zero-order chi connectivity index (χ0) is 16.8. The van der Waals surface area contributed by atoms with Crippen molar-refractivity contribution in [3.63, 3.8) is 0 Å². The van der Waals surface area contributed by atoms with Gasteiger partial charge in [-0.15, -0.1) is 16.4 Å². The molecule has 0 atom stereocenters. The van der Waals surface area contributed by atoms with Crippen molar-refractivity contribution in [2.75, 3.05) is 11.1 Å². The lowest BCUT2D eigenvalue weighted by Crippen LogP contribution is -2.13. The zero-order valence-corrected chi connectivity index (χ0v) is 14.8. The molecule has 6 nitrogen and oxygen atoms in total. The van der Waals surface area contributed by atoms with Gasteiger partial charge in [0.1, 0.15) is 5.82 Å². The summed E-state index contributed by atoms with van der Waals surface area (Å²) in [6.07, 6.45) is 1.87. The molecule has 3 rings (SSSR count). The number of carbonyl (C=O) groups excluding carboxylic acids is 1. The van der Waals surface area contributed by atoms with Crippen molar-refractivity contribution in [1.29, 1.82) is 0 Å². The molecule has 0 radical (unpaired) electrons. The van der Waals surface area contributed by atoms with Crippen LogP contribution in [0, 0.1) is 0 Å². The number of aryl methyl sites for hydroxylation is 1. The molecular weight excluding hydrogens is 342 g/mol. The van der Waals surface area contributed by atoms with Crippen LogP contribution in [0.2, 0.25) is 0 Å². The lowest BCUT2D eigenvalue weighted by atomic mass is 10.2. The average molecular weight is 359 g/mol. The molecule has 0 saturated heterocycles. The summed E-state index contributed by atoms with van der Waals surface area (Å²) in [5, 5.41) is 12.9. The number of nitrogens with zero attached hydrogens (tertiary/aromatic N) is 3.